The van der Waals surface area contributed by atoms with Gasteiger partial charge in [-0.05, 0) is 19.5 Å². The summed E-state index contributed by atoms with van der Waals surface area (Å²) in [6.45, 7) is 2.10. The van der Waals surface area contributed by atoms with Gasteiger partial charge in [-0.2, -0.15) is 0 Å². The molecule has 18 heavy (non-hydrogen) atoms. The van der Waals surface area contributed by atoms with E-state index in [0.29, 0.717) is 6.04 Å². The first-order valence-electron chi connectivity index (χ1n) is 5.92. The van der Waals surface area contributed by atoms with Gasteiger partial charge in [-0.3, -0.25) is 4.98 Å². The van der Waals surface area contributed by atoms with Gasteiger partial charge in [-0.1, -0.05) is 29.8 Å². The molecule has 1 N–H and O–H groups in total. The van der Waals surface area contributed by atoms with Crippen molar-refractivity contribution in [1.29, 1.82) is 0 Å². The van der Waals surface area contributed by atoms with Gasteiger partial charge in [0.1, 0.15) is 5.03 Å². The van der Waals surface area contributed by atoms with Crippen molar-refractivity contribution in [3.8, 4) is 0 Å². The Hall–Kier alpha value is -1.39. The maximum absolute atomic E-state index is 4.27. The minimum absolute atomic E-state index is 0.331. The van der Waals surface area contributed by atoms with E-state index >= 15 is 0 Å². The molecule has 1 atom stereocenters. The lowest BCUT2D eigenvalue weighted by molar-refractivity contribution is 0.661. The summed E-state index contributed by atoms with van der Waals surface area (Å²) in [6.07, 6.45) is 5.22. The summed E-state index contributed by atoms with van der Waals surface area (Å²) in [5.74, 6) is 0.943. The van der Waals surface area contributed by atoms with Gasteiger partial charge in [0.15, 0.2) is 0 Å². The van der Waals surface area contributed by atoms with Crippen LogP contribution in [-0.2, 0) is 0 Å². The minimum Gasteiger partial charge on any atom is -0.312 e. The van der Waals surface area contributed by atoms with E-state index in [4.69, 9.17) is 0 Å². The van der Waals surface area contributed by atoms with Gasteiger partial charge >= 0.3 is 0 Å². The molecular weight excluding hydrogens is 242 g/mol. The Labute approximate surface area is 112 Å². The van der Waals surface area contributed by atoms with Crippen LogP contribution in [0.25, 0.3) is 0 Å². The van der Waals surface area contributed by atoms with Crippen molar-refractivity contribution in [3.05, 3.63) is 54.0 Å². The number of hydrogen-bond donors (Lipinski definition) is 1. The first-order valence-corrected chi connectivity index (χ1v) is 6.91. The predicted octanol–water partition coefficient (Wildman–Crippen LogP) is 2.84. The van der Waals surface area contributed by atoms with Crippen LogP contribution in [-0.4, -0.2) is 22.8 Å². The molecule has 2 aromatic rings. The number of aryl methyl sites for hydroxylation is 1. The summed E-state index contributed by atoms with van der Waals surface area (Å²) in [5.41, 5.74) is 2.59. The molecule has 1 aromatic carbocycles. The maximum atomic E-state index is 4.27. The number of nitrogens with one attached hydrogen (secondary N) is 1. The molecule has 0 bridgehead atoms. The number of aromatic nitrogens is 2. The Balaban J connectivity index is 1.99. The molecule has 1 aromatic heterocycles. The van der Waals surface area contributed by atoms with Crippen molar-refractivity contribution >= 4 is 11.8 Å². The van der Waals surface area contributed by atoms with Crippen LogP contribution < -0.4 is 5.32 Å². The summed E-state index contributed by atoms with van der Waals surface area (Å²) in [5, 5.41) is 4.30. The zero-order valence-electron chi connectivity index (χ0n) is 10.6. The van der Waals surface area contributed by atoms with Crippen LogP contribution in [0.2, 0.25) is 0 Å². The highest BCUT2D eigenvalue weighted by Gasteiger charge is 2.09. The van der Waals surface area contributed by atoms with E-state index in [-0.39, 0.29) is 0 Å². The summed E-state index contributed by atoms with van der Waals surface area (Å²) in [6, 6.07) is 8.97. The second-order valence-corrected chi connectivity index (χ2v) is 5.15. The highest BCUT2D eigenvalue weighted by Crippen LogP contribution is 2.22. The van der Waals surface area contributed by atoms with E-state index in [1.165, 1.54) is 11.1 Å². The van der Waals surface area contributed by atoms with Gasteiger partial charge in [0.25, 0.3) is 0 Å². The SMILES string of the molecule is CNC(CSc1cnccn1)c1ccc(C)cc1. The van der Waals surface area contributed by atoms with Gasteiger partial charge in [-0.25, -0.2) is 4.98 Å². The number of thioether (sulfide) groups is 1. The third-order valence-corrected chi connectivity index (χ3v) is 3.77. The molecule has 0 saturated carbocycles. The second-order valence-electron chi connectivity index (χ2n) is 4.11. The van der Waals surface area contributed by atoms with Gasteiger partial charge in [0.05, 0.1) is 6.20 Å². The summed E-state index contributed by atoms with van der Waals surface area (Å²) in [4.78, 5) is 8.33. The lowest BCUT2D eigenvalue weighted by atomic mass is 10.1. The fourth-order valence-corrected chi connectivity index (χ4v) is 2.64. The molecule has 0 aliphatic carbocycles. The molecule has 0 radical (unpaired) electrons. The zero-order valence-corrected chi connectivity index (χ0v) is 11.4. The topological polar surface area (TPSA) is 37.8 Å². The molecule has 3 nitrogen and oxygen atoms in total. The largest absolute Gasteiger partial charge is 0.312 e. The monoisotopic (exact) mass is 259 g/mol. The third-order valence-electron chi connectivity index (χ3n) is 2.77. The van der Waals surface area contributed by atoms with Crippen molar-refractivity contribution in [2.24, 2.45) is 0 Å². The molecule has 0 amide bonds. The molecule has 1 unspecified atom stereocenters. The highest BCUT2D eigenvalue weighted by molar-refractivity contribution is 7.99. The number of rotatable bonds is 5. The fraction of sp³-hybridized carbons (Fsp3) is 0.286. The van der Waals surface area contributed by atoms with E-state index in [2.05, 4.69) is 46.5 Å². The number of hydrogen-bond acceptors (Lipinski definition) is 4. The van der Waals surface area contributed by atoms with Crippen molar-refractivity contribution in [1.82, 2.24) is 15.3 Å². The molecule has 0 aliphatic heterocycles. The summed E-state index contributed by atoms with van der Waals surface area (Å²) < 4.78 is 0. The van der Waals surface area contributed by atoms with E-state index in [9.17, 15) is 0 Å². The molecule has 0 aliphatic rings. The van der Waals surface area contributed by atoms with Crippen molar-refractivity contribution in [2.45, 2.75) is 18.0 Å². The molecule has 0 fully saturated rings. The lowest BCUT2D eigenvalue weighted by Crippen LogP contribution is -2.18. The van der Waals surface area contributed by atoms with Gasteiger partial charge in [0, 0.05) is 24.2 Å². The van der Waals surface area contributed by atoms with Crippen LogP contribution in [0.5, 0.6) is 0 Å². The smallest absolute Gasteiger partial charge is 0.114 e. The molecule has 0 spiro atoms. The fourth-order valence-electron chi connectivity index (χ4n) is 1.67. The van der Waals surface area contributed by atoms with E-state index in [1.807, 2.05) is 7.05 Å². The molecule has 0 saturated heterocycles. The third kappa shape index (κ3) is 3.55. The summed E-state index contributed by atoms with van der Waals surface area (Å²) in [7, 11) is 1.99. The highest BCUT2D eigenvalue weighted by atomic mass is 32.2. The standard InChI is InChI=1S/C14H17N3S/c1-11-3-5-12(6-4-11)13(15-2)10-18-14-9-16-7-8-17-14/h3-9,13,15H,10H2,1-2H3. The van der Waals surface area contributed by atoms with Crippen molar-refractivity contribution in [3.63, 3.8) is 0 Å². The van der Waals surface area contributed by atoms with E-state index in [0.717, 1.165) is 10.8 Å². The second kappa shape index (κ2) is 6.52. The van der Waals surface area contributed by atoms with Gasteiger partial charge < -0.3 is 5.32 Å². The first-order chi connectivity index (χ1) is 8.79. The van der Waals surface area contributed by atoms with E-state index < -0.39 is 0 Å². The number of nitrogens with zero attached hydrogens (tertiary/aromatic N) is 2. The summed E-state index contributed by atoms with van der Waals surface area (Å²) >= 11 is 1.72. The van der Waals surface area contributed by atoms with Gasteiger partial charge in [-0.15, -0.1) is 11.8 Å². The number of benzene rings is 1. The van der Waals surface area contributed by atoms with Gasteiger partial charge in [0.2, 0.25) is 0 Å². The van der Waals surface area contributed by atoms with Crippen LogP contribution in [0, 0.1) is 6.92 Å². The Morgan fingerprint density at radius 3 is 2.61 bits per heavy atom. The van der Waals surface area contributed by atoms with Crippen LogP contribution in [0.1, 0.15) is 17.2 Å². The predicted molar refractivity (Wildman–Crippen MR) is 75.7 cm³/mol. The molecule has 2 rings (SSSR count). The Kier molecular flexibility index (Phi) is 4.73. The first kappa shape index (κ1) is 13.1. The minimum atomic E-state index is 0.331. The van der Waals surface area contributed by atoms with Crippen molar-refractivity contribution < 1.29 is 0 Å². The van der Waals surface area contributed by atoms with Crippen LogP contribution >= 0.6 is 11.8 Å². The van der Waals surface area contributed by atoms with Crippen molar-refractivity contribution in [2.75, 3.05) is 12.8 Å². The molecule has 4 heteroatoms. The molecule has 94 valence electrons. The normalized spacial score (nSPS) is 12.3. The maximum Gasteiger partial charge on any atom is 0.114 e. The quantitative estimate of drug-likeness (QED) is 0.838. The van der Waals surface area contributed by atoms with E-state index in [1.54, 1.807) is 30.4 Å². The average Bonchev–Trinajstić information content (AvgIpc) is 2.42. The van der Waals surface area contributed by atoms with Crippen LogP contribution in [0.4, 0.5) is 0 Å². The zero-order chi connectivity index (χ0) is 12.8. The lowest BCUT2D eigenvalue weighted by Gasteiger charge is -2.16. The Morgan fingerprint density at radius 1 is 1.22 bits per heavy atom. The van der Waals surface area contributed by atoms with Crippen LogP contribution in [0.3, 0.4) is 0 Å². The molecular formula is C14H17N3S. The molecule has 1 heterocycles. The Morgan fingerprint density at radius 2 is 2.00 bits per heavy atom. The average molecular weight is 259 g/mol. The Bertz CT molecular complexity index is 470. The van der Waals surface area contributed by atoms with Crippen LogP contribution in [0.15, 0.2) is 47.9 Å².